The number of hydrogen-bond acceptors (Lipinski definition) is 3. The first-order valence-electron chi connectivity index (χ1n) is 4.60. The zero-order chi connectivity index (χ0) is 9.52. The molecular weight excluding hydrogens is 182 g/mol. The number of aryl methyl sites for hydroxylation is 1. The lowest BCUT2D eigenvalue weighted by molar-refractivity contribution is 0.665. The number of nitrogens with zero attached hydrogens (tertiary/aromatic N) is 2. The summed E-state index contributed by atoms with van der Waals surface area (Å²) in [6, 6.07) is 0. The third-order valence-electron chi connectivity index (χ3n) is 1.74. The lowest BCUT2D eigenvalue weighted by Gasteiger charge is -1.98. The average Bonchev–Trinajstić information content (AvgIpc) is 2.54. The van der Waals surface area contributed by atoms with Crippen LogP contribution < -0.4 is 5.32 Å². The summed E-state index contributed by atoms with van der Waals surface area (Å²) in [7, 11) is 1.95. The van der Waals surface area contributed by atoms with Gasteiger partial charge < -0.3 is 5.32 Å². The minimum Gasteiger partial charge on any atom is -0.316 e. The smallest absolute Gasteiger partial charge is 0.0534 e. The molecule has 3 nitrogen and oxygen atoms in total. The van der Waals surface area contributed by atoms with Crippen molar-refractivity contribution in [2.45, 2.75) is 20.0 Å². The molecule has 4 heteroatoms. The molecule has 0 atom stereocenters. The molecule has 0 amide bonds. The highest BCUT2D eigenvalue weighted by atomic mass is 32.2. The third-order valence-corrected chi connectivity index (χ3v) is 2.62. The van der Waals surface area contributed by atoms with Crippen LogP contribution in [-0.4, -0.2) is 28.3 Å². The Morgan fingerprint density at radius 3 is 3.15 bits per heavy atom. The predicted octanol–water partition coefficient (Wildman–Crippen LogP) is 1.36. The van der Waals surface area contributed by atoms with Gasteiger partial charge in [-0.15, -0.1) is 0 Å². The quantitative estimate of drug-likeness (QED) is 0.702. The van der Waals surface area contributed by atoms with Crippen molar-refractivity contribution in [3.05, 3.63) is 18.0 Å². The van der Waals surface area contributed by atoms with Crippen molar-refractivity contribution in [2.75, 3.05) is 18.6 Å². The molecule has 1 aromatic rings. The van der Waals surface area contributed by atoms with Gasteiger partial charge in [0.1, 0.15) is 0 Å². The van der Waals surface area contributed by atoms with Crippen molar-refractivity contribution in [3.63, 3.8) is 0 Å². The fourth-order valence-electron chi connectivity index (χ4n) is 1.13. The van der Waals surface area contributed by atoms with E-state index in [1.54, 1.807) is 0 Å². The van der Waals surface area contributed by atoms with Gasteiger partial charge in [0.05, 0.1) is 6.20 Å². The van der Waals surface area contributed by atoms with E-state index in [2.05, 4.69) is 23.5 Å². The highest BCUT2D eigenvalue weighted by molar-refractivity contribution is 7.99. The summed E-state index contributed by atoms with van der Waals surface area (Å²) in [4.78, 5) is 0. The fraction of sp³-hybridized carbons (Fsp3) is 0.667. The van der Waals surface area contributed by atoms with E-state index >= 15 is 0 Å². The van der Waals surface area contributed by atoms with Crippen LogP contribution in [0.5, 0.6) is 0 Å². The Morgan fingerprint density at radius 1 is 1.62 bits per heavy atom. The van der Waals surface area contributed by atoms with Crippen molar-refractivity contribution < 1.29 is 0 Å². The van der Waals surface area contributed by atoms with Gasteiger partial charge in [0.2, 0.25) is 0 Å². The Bertz CT molecular complexity index is 235. The van der Waals surface area contributed by atoms with E-state index < -0.39 is 0 Å². The van der Waals surface area contributed by atoms with Crippen LogP contribution in [0.25, 0.3) is 0 Å². The third kappa shape index (κ3) is 3.83. The van der Waals surface area contributed by atoms with Gasteiger partial charge in [-0.3, -0.25) is 4.68 Å². The molecule has 0 saturated carbocycles. The number of rotatable bonds is 6. The molecule has 0 bridgehead atoms. The highest BCUT2D eigenvalue weighted by Gasteiger charge is 1.96. The molecule has 1 rings (SSSR count). The van der Waals surface area contributed by atoms with Crippen molar-refractivity contribution in [1.82, 2.24) is 15.1 Å². The van der Waals surface area contributed by atoms with E-state index in [0.29, 0.717) is 0 Å². The molecule has 0 radical (unpaired) electrons. The van der Waals surface area contributed by atoms with Gasteiger partial charge >= 0.3 is 0 Å². The van der Waals surface area contributed by atoms with Gasteiger partial charge in [-0.25, -0.2) is 0 Å². The van der Waals surface area contributed by atoms with Crippen molar-refractivity contribution in [1.29, 1.82) is 0 Å². The Hall–Kier alpha value is -0.480. The van der Waals surface area contributed by atoms with E-state index in [-0.39, 0.29) is 0 Å². The van der Waals surface area contributed by atoms with Crippen molar-refractivity contribution in [3.8, 4) is 0 Å². The van der Waals surface area contributed by atoms with Crippen LogP contribution in [0.1, 0.15) is 12.5 Å². The van der Waals surface area contributed by atoms with E-state index in [1.165, 1.54) is 11.3 Å². The largest absolute Gasteiger partial charge is 0.316 e. The Morgan fingerprint density at radius 2 is 2.46 bits per heavy atom. The van der Waals surface area contributed by atoms with Gasteiger partial charge in [0.15, 0.2) is 0 Å². The standard InChI is InChI=1S/C9H17N3S/c1-3-13-5-4-12-8-9(6-10-2)7-11-12/h7-8,10H,3-6H2,1-2H3. The molecule has 74 valence electrons. The first-order chi connectivity index (χ1) is 6.36. The number of nitrogens with one attached hydrogen (secondary N) is 1. The second-order valence-electron chi connectivity index (χ2n) is 2.84. The highest BCUT2D eigenvalue weighted by Crippen LogP contribution is 2.01. The molecule has 0 spiro atoms. The summed E-state index contributed by atoms with van der Waals surface area (Å²) >= 11 is 1.95. The topological polar surface area (TPSA) is 29.9 Å². The van der Waals surface area contributed by atoms with Gasteiger partial charge in [-0.2, -0.15) is 16.9 Å². The van der Waals surface area contributed by atoms with Gasteiger partial charge in [-0.05, 0) is 12.8 Å². The predicted molar refractivity (Wildman–Crippen MR) is 58.0 cm³/mol. The molecule has 1 heterocycles. The van der Waals surface area contributed by atoms with Crippen LogP contribution in [0.3, 0.4) is 0 Å². The Labute approximate surface area is 83.9 Å². The van der Waals surface area contributed by atoms with Gasteiger partial charge in [0, 0.05) is 30.6 Å². The normalized spacial score (nSPS) is 10.6. The summed E-state index contributed by atoms with van der Waals surface area (Å²) in [6.45, 7) is 4.10. The summed E-state index contributed by atoms with van der Waals surface area (Å²) in [5.74, 6) is 2.34. The lowest BCUT2D eigenvalue weighted by Crippen LogP contribution is -2.04. The van der Waals surface area contributed by atoms with Crippen LogP contribution in [0.2, 0.25) is 0 Å². The van der Waals surface area contributed by atoms with E-state index in [4.69, 9.17) is 0 Å². The molecule has 0 aliphatic carbocycles. The molecule has 1 aromatic heterocycles. The molecular formula is C9H17N3S. The molecule has 0 aromatic carbocycles. The first-order valence-corrected chi connectivity index (χ1v) is 5.76. The average molecular weight is 199 g/mol. The second-order valence-corrected chi connectivity index (χ2v) is 4.23. The molecule has 0 aliphatic rings. The maximum Gasteiger partial charge on any atom is 0.0534 e. The van der Waals surface area contributed by atoms with Crippen LogP contribution in [0.4, 0.5) is 0 Å². The fourth-order valence-corrected chi connectivity index (χ4v) is 1.73. The van der Waals surface area contributed by atoms with Crippen molar-refractivity contribution >= 4 is 11.8 Å². The second kappa shape index (κ2) is 6.05. The monoisotopic (exact) mass is 199 g/mol. The molecule has 13 heavy (non-hydrogen) atoms. The molecule has 0 unspecified atom stereocenters. The molecule has 0 aliphatic heterocycles. The maximum absolute atomic E-state index is 4.27. The number of aromatic nitrogens is 2. The van der Waals surface area contributed by atoms with Crippen LogP contribution >= 0.6 is 11.8 Å². The van der Waals surface area contributed by atoms with Crippen LogP contribution in [0.15, 0.2) is 12.4 Å². The first kappa shape index (κ1) is 10.6. The van der Waals surface area contributed by atoms with Crippen molar-refractivity contribution in [2.24, 2.45) is 0 Å². The van der Waals surface area contributed by atoms with Gasteiger partial charge in [-0.1, -0.05) is 6.92 Å². The minimum atomic E-state index is 0.904. The Balaban J connectivity index is 2.31. The lowest BCUT2D eigenvalue weighted by atomic mass is 10.4. The zero-order valence-electron chi connectivity index (χ0n) is 8.29. The summed E-state index contributed by atoms with van der Waals surface area (Å²) < 4.78 is 2.01. The SMILES string of the molecule is CCSCCn1cc(CNC)cn1. The van der Waals surface area contributed by atoms with Gasteiger partial charge in [0.25, 0.3) is 0 Å². The summed E-state index contributed by atoms with van der Waals surface area (Å²) in [6.07, 6.45) is 4.03. The molecule has 1 N–H and O–H groups in total. The maximum atomic E-state index is 4.27. The number of thioether (sulfide) groups is 1. The van der Waals surface area contributed by atoms with Crippen LogP contribution in [0, 0.1) is 0 Å². The molecule has 0 fully saturated rings. The minimum absolute atomic E-state index is 0.904. The van der Waals surface area contributed by atoms with E-state index in [9.17, 15) is 0 Å². The van der Waals surface area contributed by atoms with E-state index in [1.807, 2.05) is 29.7 Å². The number of hydrogen-bond donors (Lipinski definition) is 1. The summed E-state index contributed by atoms with van der Waals surface area (Å²) in [5, 5.41) is 7.38. The van der Waals surface area contributed by atoms with E-state index in [0.717, 1.165) is 18.8 Å². The van der Waals surface area contributed by atoms with Crippen LogP contribution in [-0.2, 0) is 13.1 Å². The molecule has 0 saturated heterocycles. The summed E-state index contributed by atoms with van der Waals surface area (Å²) in [5.41, 5.74) is 1.25. The zero-order valence-corrected chi connectivity index (χ0v) is 9.10. The Kier molecular flexibility index (Phi) is 4.93.